The van der Waals surface area contributed by atoms with Gasteiger partial charge in [0.05, 0.1) is 5.02 Å². The number of nitrogens with one attached hydrogen (secondary N) is 1. The SMILES string of the molecule is CNCCc1cccc(F)c1Cl. The maximum absolute atomic E-state index is 12.9. The van der Waals surface area contributed by atoms with Crippen molar-refractivity contribution in [3.05, 3.63) is 34.6 Å². The third-order valence-electron chi connectivity index (χ3n) is 1.68. The highest BCUT2D eigenvalue weighted by molar-refractivity contribution is 6.31. The lowest BCUT2D eigenvalue weighted by Crippen LogP contribution is -2.10. The van der Waals surface area contributed by atoms with Gasteiger partial charge in [0, 0.05) is 0 Å². The summed E-state index contributed by atoms with van der Waals surface area (Å²) in [4.78, 5) is 0. The van der Waals surface area contributed by atoms with Crippen LogP contribution >= 0.6 is 11.6 Å². The molecule has 0 amide bonds. The van der Waals surface area contributed by atoms with Crippen molar-refractivity contribution in [3.63, 3.8) is 0 Å². The van der Waals surface area contributed by atoms with Gasteiger partial charge in [-0.3, -0.25) is 0 Å². The van der Waals surface area contributed by atoms with E-state index < -0.39 is 0 Å². The van der Waals surface area contributed by atoms with Crippen molar-refractivity contribution in [2.45, 2.75) is 6.42 Å². The molecule has 3 heteroatoms. The predicted octanol–water partition coefficient (Wildman–Crippen LogP) is 2.24. The summed E-state index contributed by atoms with van der Waals surface area (Å²) >= 11 is 5.73. The molecule has 0 aliphatic carbocycles. The Morgan fingerprint density at radius 2 is 2.25 bits per heavy atom. The van der Waals surface area contributed by atoms with Crippen molar-refractivity contribution in [1.82, 2.24) is 5.32 Å². The molecule has 0 saturated carbocycles. The van der Waals surface area contributed by atoms with Gasteiger partial charge in [-0.15, -0.1) is 0 Å². The quantitative estimate of drug-likeness (QED) is 0.766. The van der Waals surface area contributed by atoms with Crippen LogP contribution in [0.2, 0.25) is 5.02 Å². The molecule has 0 fully saturated rings. The molecule has 0 radical (unpaired) electrons. The molecule has 1 rings (SSSR count). The molecule has 1 aromatic rings. The van der Waals surface area contributed by atoms with E-state index in [9.17, 15) is 4.39 Å². The first kappa shape index (κ1) is 9.49. The standard InChI is InChI=1S/C9H11ClFN/c1-12-6-5-7-3-2-4-8(11)9(7)10/h2-4,12H,5-6H2,1H3. The minimum Gasteiger partial charge on any atom is -0.319 e. The number of hydrogen-bond donors (Lipinski definition) is 1. The normalized spacial score (nSPS) is 10.2. The van der Waals surface area contributed by atoms with Crippen LogP contribution in [-0.4, -0.2) is 13.6 Å². The Labute approximate surface area is 76.5 Å². The Hall–Kier alpha value is -0.600. The summed E-state index contributed by atoms with van der Waals surface area (Å²) < 4.78 is 12.9. The molecular formula is C9H11ClFN. The van der Waals surface area contributed by atoms with Gasteiger partial charge >= 0.3 is 0 Å². The van der Waals surface area contributed by atoms with Crippen molar-refractivity contribution in [2.75, 3.05) is 13.6 Å². The van der Waals surface area contributed by atoms with E-state index in [1.54, 1.807) is 6.07 Å². The van der Waals surface area contributed by atoms with E-state index in [0.717, 1.165) is 18.5 Å². The molecule has 0 atom stereocenters. The van der Waals surface area contributed by atoms with Crippen LogP contribution < -0.4 is 5.32 Å². The Morgan fingerprint density at radius 1 is 1.50 bits per heavy atom. The van der Waals surface area contributed by atoms with Crippen LogP contribution in [0.5, 0.6) is 0 Å². The number of hydrogen-bond acceptors (Lipinski definition) is 1. The molecule has 1 aromatic carbocycles. The second-order valence-electron chi connectivity index (χ2n) is 2.57. The average Bonchev–Trinajstić information content (AvgIpc) is 2.08. The second kappa shape index (κ2) is 4.43. The van der Waals surface area contributed by atoms with Crippen LogP contribution in [0, 0.1) is 5.82 Å². The summed E-state index contributed by atoms with van der Waals surface area (Å²) in [6.45, 7) is 0.809. The maximum Gasteiger partial charge on any atom is 0.142 e. The Balaban J connectivity index is 2.78. The molecule has 0 aromatic heterocycles. The molecule has 12 heavy (non-hydrogen) atoms. The van der Waals surface area contributed by atoms with E-state index in [0.29, 0.717) is 0 Å². The summed E-state index contributed by atoms with van der Waals surface area (Å²) in [6.07, 6.45) is 0.757. The average molecular weight is 188 g/mol. The molecule has 0 saturated heterocycles. The first-order valence-corrected chi connectivity index (χ1v) is 4.21. The molecule has 66 valence electrons. The second-order valence-corrected chi connectivity index (χ2v) is 2.94. The molecule has 0 aliphatic heterocycles. The Bertz CT molecular complexity index is 263. The molecule has 0 spiro atoms. The van der Waals surface area contributed by atoms with Gasteiger partial charge in [-0.2, -0.15) is 0 Å². The van der Waals surface area contributed by atoms with Crippen LogP contribution in [0.15, 0.2) is 18.2 Å². The highest BCUT2D eigenvalue weighted by Gasteiger charge is 2.03. The van der Waals surface area contributed by atoms with Gasteiger partial charge in [-0.05, 0) is 31.6 Å². The van der Waals surface area contributed by atoms with Crippen molar-refractivity contribution >= 4 is 11.6 Å². The van der Waals surface area contributed by atoms with E-state index in [4.69, 9.17) is 11.6 Å². The highest BCUT2D eigenvalue weighted by atomic mass is 35.5. The monoisotopic (exact) mass is 187 g/mol. The summed E-state index contributed by atoms with van der Waals surface area (Å²) in [5.41, 5.74) is 0.853. The number of rotatable bonds is 3. The van der Waals surface area contributed by atoms with E-state index >= 15 is 0 Å². The first-order valence-electron chi connectivity index (χ1n) is 3.83. The van der Waals surface area contributed by atoms with Gasteiger partial charge in [0.25, 0.3) is 0 Å². The first-order chi connectivity index (χ1) is 5.75. The zero-order valence-electron chi connectivity index (χ0n) is 6.90. The highest BCUT2D eigenvalue weighted by Crippen LogP contribution is 2.19. The zero-order chi connectivity index (χ0) is 8.97. The molecule has 1 N–H and O–H groups in total. The minimum atomic E-state index is -0.342. The molecule has 0 unspecified atom stereocenters. The molecular weight excluding hydrogens is 177 g/mol. The van der Waals surface area contributed by atoms with Gasteiger partial charge in [-0.25, -0.2) is 4.39 Å². The number of halogens is 2. The van der Waals surface area contributed by atoms with E-state index in [1.165, 1.54) is 6.07 Å². The lowest BCUT2D eigenvalue weighted by molar-refractivity contribution is 0.625. The van der Waals surface area contributed by atoms with Gasteiger partial charge in [0.2, 0.25) is 0 Å². The molecule has 0 heterocycles. The van der Waals surface area contributed by atoms with Crippen LogP contribution in [0.1, 0.15) is 5.56 Å². The third-order valence-corrected chi connectivity index (χ3v) is 2.10. The zero-order valence-corrected chi connectivity index (χ0v) is 7.66. The summed E-state index contributed by atoms with van der Waals surface area (Å²) in [7, 11) is 1.85. The van der Waals surface area contributed by atoms with Gasteiger partial charge in [-0.1, -0.05) is 23.7 Å². The minimum absolute atomic E-state index is 0.243. The van der Waals surface area contributed by atoms with Crippen molar-refractivity contribution in [2.24, 2.45) is 0 Å². The van der Waals surface area contributed by atoms with Crippen LogP contribution in [0.4, 0.5) is 4.39 Å². The summed E-state index contributed by atoms with van der Waals surface area (Å²) in [5.74, 6) is -0.342. The maximum atomic E-state index is 12.9. The fourth-order valence-corrected chi connectivity index (χ4v) is 1.22. The third kappa shape index (κ3) is 2.19. The van der Waals surface area contributed by atoms with Crippen LogP contribution in [0.25, 0.3) is 0 Å². The fraction of sp³-hybridized carbons (Fsp3) is 0.333. The molecule has 0 aliphatic rings. The number of benzene rings is 1. The van der Waals surface area contributed by atoms with E-state index in [1.807, 2.05) is 13.1 Å². The van der Waals surface area contributed by atoms with Gasteiger partial charge in [0.1, 0.15) is 5.82 Å². The van der Waals surface area contributed by atoms with Crippen LogP contribution in [0.3, 0.4) is 0 Å². The van der Waals surface area contributed by atoms with E-state index in [-0.39, 0.29) is 10.8 Å². The Kier molecular flexibility index (Phi) is 3.50. The van der Waals surface area contributed by atoms with Crippen molar-refractivity contribution < 1.29 is 4.39 Å². The lowest BCUT2D eigenvalue weighted by Gasteiger charge is -2.03. The predicted molar refractivity (Wildman–Crippen MR) is 49.0 cm³/mol. The fourth-order valence-electron chi connectivity index (χ4n) is 1.00. The van der Waals surface area contributed by atoms with E-state index in [2.05, 4.69) is 5.32 Å². The van der Waals surface area contributed by atoms with Crippen molar-refractivity contribution in [3.8, 4) is 0 Å². The van der Waals surface area contributed by atoms with Crippen LogP contribution in [-0.2, 0) is 6.42 Å². The van der Waals surface area contributed by atoms with Crippen molar-refractivity contribution in [1.29, 1.82) is 0 Å². The molecule has 0 bridgehead atoms. The Morgan fingerprint density at radius 3 is 2.92 bits per heavy atom. The topological polar surface area (TPSA) is 12.0 Å². The lowest BCUT2D eigenvalue weighted by atomic mass is 10.1. The van der Waals surface area contributed by atoms with Gasteiger partial charge < -0.3 is 5.32 Å². The number of likely N-dealkylation sites (N-methyl/N-ethyl adjacent to an activating group) is 1. The summed E-state index contributed by atoms with van der Waals surface area (Å²) in [5, 5.41) is 3.23. The largest absolute Gasteiger partial charge is 0.319 e. The van der Waals surface area contributed by atoms with Gasteiger partial charge in [0.15, 0.2) is 0 Å². The summed E-state index contributed by atoms with van der Waals surface area (Å²) in [6, 6.07) is 4.88. The smallest absolute Gasteiger partial charge is 0.142 e. The molecule has 1 nitrogen and oxygen atoms in total.